The summed E-state index contributed by atoms with van der Waals surface area (Å²) in [4.78, 5) is 2.40. The third-order valence-corrected chi connectivity index (χ3v) is 11.7. The number of nitrogens with zero attached hydrogens (tertiary/aromatic N) is 2. The third kappa shape index (κ3) is 8.68. The maximum Gasteiger partial charge on any atom is 0.242 e. The van der Waals surface area contributed by atoms with Crippen molar-refractivity contribution in [3.63, 3.8) is 0 Å². The monoisotopic (exact) mass is 638 g/mol. The molecule has 1 aliphatic heterocycles. The van der Waals surface area contributed by atoms with E-state index in [1.807, 2.05) is 6.92 Å². The van der Waals surface area contributed by atoms with Crippen LogP contribution >= 0.6 is 0 Å². The van der Waals surface area contributed by atoms with Crippen molar-refractivity contribution in [3.05, 3.63) is 35.5 Å². The van der Waals surface area contributed by atoms with Gasteiger partial charge in [-0.2, -0.15) is 0 Å². The van der Waals surface area contributed by atoms with E-state index >= 15 is 0 Å². The van der Waals surface area contributed by atoms with Gasteiger partial charge in [-0.3, -0.25) is 4.90 Å². The summed E-state index contributed by atoms with van der Waals surface area (Å²) in [6, 6.07) is 6.60. The highest BCUT2D eigenvalue weighted by Crippen LogP contribution is 2.36. The zero-order valence-electron chi connectivity index (χ0n) is 26.6. The molecular weight excluding hydrogens is 588 g/mol. The lowest BCUT2D eigenvalue weighted by Gasteiger charge is -2.27. The van der Waals surface area contributed by atoms with E-state index in [0.29, 0.717) is 55.7 Å². The Hall–Kier alpha value is -1.80. The molecule has 0 bridgehead atoms. The Morgan fingerprint density at radius 3 is 2.19 bits per heavy atom. The van der Waals surface area contributed by atoms with Crippen molar-refractivity contribution in [1.29, 1.82) is 0 Å². The predicted molar refractivity (Wildman–Crippen MR) is 169 cm³/mol. The molecule has 12 heteroatoms. The number of aromatic nitrogens is 1. The second-order valence-corrected chi connectivity index (χ2v) is 17.0. The number of hydrogen-bond donors (Lipinski definition) is 3. The first-order valence-electron chi connectivity index (χ1n) is 15.4. The maximum absolute atomic E-state index is 13.6. The Kier molecular flexibility index (Phi) is 10.5. The van der Waals surface area contributed by atoms with Crippen LogP contribution in [0.25, 0.3) is 11.3 Å². The van der Waals surface area contributed by atoms with E-state index in [1.54, 1.807) is 52.8 Å². The highest BCUT2D eigenvalue weighted by molar-refractivity contribution is 7.89. The zero-order valence-corrected chi connectivity index (χ0v) is 28.2. The van der Waals surface area contributed by atoms with Gasteiger partial charge >= 0.3 is 0 Å². The summed E-state index contributed by atoms with van der Waals surface area (Å²) in [6.07, 6.45) is 5.70. The van der Waals surface area contributed by atoms with Crippen LogP contribution in [0, 0.1) is 12.8 Å². The van der Waals surface area contributed by atoms with Gasteiger partial charge in [-0.1, -0.05) is 25.3 Å². The number of sulfonamides is 2. The van der Waals surface area contributed by atoms with Crippen LogP contribution in [0.4, 0.5) is 0 Å². The van der Waals surface area contributed by atoms with E-state index < -0.39 is 31.2 Å². The molecule has 0 atom stereocenters. The lowest BCUT2D eigenvalue weighted by Crippen LogP contribution is -2.41. The number of benzene rings is 1. The molecule has 1 saturated heterocycles. The summed E-state index contributed by atoms with van der Waals surface area (Å²) in [5, 5.41) is 11.1. The summed E-state index contributed by atoms with van der Waals surface area (Å²) in [6.45, 7) is 14.7. The Morgan fingerprint density at radius 1 is 0.930 bits per heavy atom. The molecule has 242 valence electrons. The molecule has 0 radical (unpaired) electrons. The van der Waals surface area contributed by atoms with Crippen LogP contribution in [0.15, 0.2) is 34.1 Å². The van der Waals surface area contributed by atoms with E-state index in [0.717, 1.165) is 38.8 Å². The molecule has 1 aliphatic carbocycles. The van der Waals surface area contributed by atoms with Gasteiger partial charge in [0.2, 0.25) is 20.0 Å². The molecule has 43 heavy (non-hydrogen) atoms. The Labute approximate surface area is 258 Å². The first kappa shape index (κ1) is 34.1. The molecule has 1 aromatic heterocycles. The van der Waals surface area contributed by atoms with Gasteiger partial charge in [0, 0.05) is 55.2 Å². The standard InChI is InChI=1S/C31H50N4O6S2/c1-23-29(42(37,38)32-14-15-34-16-18-41-19-17-34)21-27(35(23)22-24-10-8-7-9-11-24)25-12-13-28(26(20-25)31(5,6)36)43(39,40)33-30(2,3)4/h12-13,20-21,24,32-33,36H,7-11,14-19,22H2,1-6H3. The van der Waals surface area contributed by atoms with E-state index in [9.17, 15) is 21.9 Å². The van der Waals surface area contributed by atoms with Crippen molar-refractivity contribution in [1.82, 2.24) is 18.9 Å². The van der Waals surface area contributed by atoms with Gasteiger partial charge in [0.05, 0.1) is 23.7 Å². The molecule has 2 aliphatic rings. The molecule has 2 fully saturated rings. The van der Waals surface area contributed by atoms with Crippen molar-refractivity contribution in [3.8, 4) is 11.3 Å². The lowest BCUT2D eigenvalue weighted by atomic mass is 9.89. The summed E-state index contributed by atoms with van der Waals surface area (Å²) in [7, 11) is -7.76. The summed E-state index contributed by atoms with van der Waals surface area (Å²) in [5.74, 6) is 0.424. The fraction of sp³-hybridized carbons (Fsp3) is 0.677. The van der Waals surface area contributed by atoms with Crippen molar-refractivity contribution >= 4 is 20.0 Å². The Balaban J connectivity index is 1.75. The SMILES string of the molecule is Cc1c(S(=O)(=O)NCCN2CCOCC2)cc(-c2ccc(S(=O)(=O)NC(C)(C)C)c(C(C)(C)O)c2)n1CC1CCCCC1. The summed E-state index contributed by atoms with van der Waals surface area (Å²) < 4.78 is 66.9. The molecule has 2 heterocycles. The molecule has 2 aromatic rings. The van der Waals surface area contributed by atoms with E-state index in [1.165, 1.54) is 12.5 Å². The van der Waals surface area contributed by atoms with Gasteiger partial charge in [-0.05, 0) is 84.1 Å². The molecular formula is C31H50N4O6S2. The van der Waals surface area contributed by atoms with Crippen LogP contribution in [0.3, 0.4) is 0 Å². The number of rotatable bonds is 11. The lowest BCUT2D eigenvalue weighted by molar-refractivity contribution is 0.0390. The van der Waals surface area contributed by atoms with Gasteiger partial charge < -0.3 is 14.4 Å². The minimum Gasteiger partial charge on any atom is -0.386 e. The molecule has 0 spiro atoms. The van der Waals surface area contributed by atoms with E-state index in [4.69, 9.17) is 4.74 Å². The number of aliphatic hydroxyl groups is 1. The maximum atomic E-state index is 13.6. The third-order valence-electron chi connectivity index (χ3n) is 8.26. The van der Waals surface area contributed by atoms with Crippen molar-refractivity contribution < 1.29 is 26.7 Å². The van der Waals surface area contributed by atoms with Crippen LogP contribution < -0.4 is 9.44 Å². The molecule has 0 unspecified atom stereocenters. The van der Waals surface area contributed by atoms with Crippen LogP contribution in [-0.4, -0.2) is 76.3 Å². The Morgan fingerprint density at radius 2 is 1.58 bits per heavy atom. The van der Waals surface area contributed by atoms with Gasteiger partial charge in [-0.15, -0.1) is 0 Å². The highest BCUT2D eigenvalue weighted by atomic mass is 32.2. The summed E-state index contributed by atoms with van der Waals surface area (Å²) in [5.41, 5.74) is 0.0608. The van der Waals surface area contributed by atoms with E-state index in [-0.39, 0.29) is 15.4 Å². The van der Waals surface area contributed by atoms with Crippen LogP contribution in [0.2, 0.25) is 0 Å². The Bertz CT molecular complexity index is 1480. The topological polar surface area (TPSA) is 130 Å². The molecule has 1 saturated carbocycles. The molecule has 10 nitrogen and oxygen atoms in total. The molecule has 4 rings (SSSR count). The van der Waals surface area contributed by atoms with Gasteiger partial charge in [0.15, 0.2) is 0 Å². The van der Waals surface area contributed by atoms with Gasteiger partial charge in [-0.25, -0.2) is 26.3 Å². The van der Waals surface area contributed by atoms with E-state index in [2.05, 4.69) is 18.9 Å². The average Bonchev–Trinajstić information content (AvgIpc) is 3.24. The minimum atomic E-state index is -3.94. The van der Waals surface area contributed by atoms with Crippen LogP contribution in [0.5, 0.6) is 0 Å². The smallest absolute Gasteiger partial charge is 0.242 e. The largest absolute Gasteiger partial charge is 0.386 e. The van der Waals surface area contributed by atoms with Crippen LogP contribution in [0.1, 0.15) is 78.0 Å². The number of ether oxygens (including phenoxy) is 1. The second kappa shape index (κ2) is 13.3. The molecule has 0 amide bonds. The second-order valence-electron chi connectivity index (χ2n) is 13.6. The predicted octanol–water partition coefficient (Wildman–Crippen LogP) is 3.96. The fourth-order valence-corrected chi connectivity index (χ4v) is 9.14. The zero-order chi connectivity index (χ0) is 31.6. The first-order chi connectivity index (χ1) is 20.0. The first-order valence-corrected chi connectivity index (χ1v) is 18.4. The van der Waals surface area contributed by atoms with Gasteiger partial charge in [0.1, 0.15) is 4.90 Å². The molecule has 3 N–H and O–H groups in total. The number of morpholine rings is 1. The van der Waals surface area contributed by atoms with Crippen LogP contribution in [-0.2, 0) is 36.9 Å². The fourth-order valence-electron chi connectivity index (χ4n) is 6.10. The highest BCUT2D eigenvalue weighted by Gasteiger charge is 2.32. The average molecular weight is 639 g/mol. The quantitative estimate of drug-likeness (QED) is 0.340. The number of hydrogen-bond acceptors (Lipinski definition) is 7. The van der Waals surface area contributed by atoms with Gasteiger partial charge in [0.25, 0.3) is 0 Å². The minimum absolute atomic E-state index is 0.00147. The van der Waals surface area contributed by atoms with Crippen molar-refractivity contribution in [2.45, 2.75) is 101 Å². The normalized spacial score (nSPS) is 18.3. The van der Waals surface area contributed by atoms with Crippen molar-refractivity contribution in [2.75, 3.05) is 39.4 Å². The number of nitrogens with one attached hydrogen (secondary N) is 2. The van der Waals surface area contributed by atoms with Crippen molar-refractivity contribution in [2.24, 2.45) is 5.92 Å². The molecule has 1 aromatic carbocycles. The summed E-state index contributed by atoms with van der Waals surface area (Å²) >= 11 is 0.